The molecule has 0 aromatic carbocycles. The zero-order chi connectivity index (χ0) is 13.5. The number of nitrogens with one attached hydrogen (secondary N) is 1. The minimum atomic E-state index is -1.27. The smallest absolute Gasteiger partial charge is 0.332 e. The van der Waals surface area contributed by atoms with Gasteiger partial charge in [0.25, 0.3) is 0 Å². The Kier molecular flexibility index (Phi) is 6.03. The van der Waals surface area contributed by atoms with Gasteiger partial charge >= 0.3 is 5.97 Å². The first kappa shape index (κ1) is 14.9. The number of rotatable bonds is 5. The highest BCUT2D eigenvalue weighted by atomic mass is 16.5. The molecular weight excluding hydrogens is 238 g/mol. The van der Waals surface area contributed by atoms with Crippen LogP contribution in [0.2, 0.25) is 0 Å². The number of esters is 1. The predicted molar refractivity (Wildman–Crippen MR) is 64.9 cm³/mol. The van der Waals surface area contributed by atoms with E-state index >= 15 is 0 Å². The van der Waals surface area contributed by atoms with Gasteiger partial charge in [0.05, 0.1) is 19.3 Å². The minimum Gasteiger partial charge on any atom is -0.464 e. The number of carbonyl (C=O) groups is 2. The minimum absolute atomic E-state index is 0.0675. The molecule has 1 rings (SSSR count). The molecule has 0 saturated carbocycles. The van der Waals surface area contributed by atoms with Crippen LogP contribution in [0.3, 0.4) is 0 Å². The van der Waals surface area contributed by atoms with E-state index < -0.39 is 17.9 Å². The van der Waals surface area contributed by atoms with Crippen molar-refractivity contribution < 1.29 is 19.1 Å². The Bertz CT molecular complexity index is 298. The summed E-state index contributed by atoms with van der Waals surface area (Å²) in [4.78, 5) is 24.9. The number of nitrogens with two attached hydrogens (primary N) is 1. The third-order valence-electron chi connectivity index (χ3n) is 2.67. The quantitative estimate of drug-likeness (QED) is 0.452. The lowest BCUT2D eigenvalue weighted by molar-refractivity contribution is -0.148. The second kappa shape index (κ2) is 7.30. The number of morpholine rings is 1. The van der Waals surface area contributed by atoms with E-state index in [0.717, 1.165) is 13.1 Å². The Hall–Kier alpha value is -1.18. The van der Waals surface area contributed by atoms with Gasteiger partial charge in [-0.3, -0.25) is 4.79 Å². The van der Waals surface area contributed by atoms with Gasteiger partial charge in [0.1, 0.15) is 0 Å². The lowest BCUT2D eigenvalue weighted by Crippen LogP contribution is -2.51. The Morgan fingerprint density at radius 2 is 2.33 bits per heavy atom. The van der Waals surface area contributed by atoms with E-state index in [1.165, 1.54) is 0 Å². The van der Waals surface area contributed by atoms with E-state index in [4.69, 9.17) is 10.5 Å². The molecule has 0 bridgehead atoms. The number of amides is 1. The molecule has 7 heteroatoms. The van der Waals surface area contributed by atoms with E-state index in [1.807, 2.05) is 7.05 Å². The summed E-state index contributed by atoms with van der Waals surface area (Å²) in [7, 11) is 1.99. The number of carbonyl (C=O) groups excluding carboxylic acids is 2. The molecule has 7 nitrogen and oxygen atoms in total. The summed E-state index contributed by atoms with van der Waals surface area (Å²) < 4.78 is 10.1. The Balaban J connectivity index is 2.29. The largest absolute Gasteiger partial charge is 0.464 e. The predicted octanol–water partition coefficient (Wildman–Crippen LogP) is -1.68. The molecule has 2 atom stereocenters. The molecule has 104 valence electrons. The molecule has 1 amide bonds. The molecule has 1 fully saturated rings. The normalized spacial score (nSPS) is 22.3. The molecule has 3 N–H and O–H groups in total. The summed E-state index contributed by atoms with van der Waals surface area (Å²) in [5.41, 5.74) is 5.45. The van der Waals surface area contributed by atoms with Crippen LogP contribution in [0.15, 0.2) is 0 Å². The molecule has 0 aliphatic carbocycles. The Morgan fingerprint density at radius 3 is 2.94 bits per heavy atom. The Morgan fingerprint density at radius 1 is 1.61 bits per heavy atom. The van der Waals surface area contributed by atoms with Crippen LogP contribution in [-0.2, 0) is 19.1 Å². The van der Waals surface area contributed by atoms with Crippen molar-refractivity contribution in [1.29, 1.82) is 0 Å². The fraction of sp³-hybridized carbons (Fsp3) is 0.818. The van der Waals surface area contributed by atoms with Gasteiger partial charge in [-0.15, -0.1) is 0 Å². The first-order valence-electron chi connectivity index (χ1n) is 6.04. The third-order valence-corrected chi connectivity index (χ3v) is 2.67. The molecule has 1 aliphatic rings. The van der Waals surface area contributed by atoms with Crippen molar-refractivity contribution in [2.75, 3.05) is 39.9 Å². The van der Waals surface area contributed by atoms with Crippen molar-refractivity contribution in [2.24, 2.45) is 5.73 Å². The van der Waals surface area contributed by atoms with Crippen molar-refractivity contribution in [1.82, 2.24) is 10.2 Å². The van der Waals surface area contributed by atoms with Crippen LogP contribution in [0.1, 0.15) is 6.92 Å². The molecule has 1 saturated heterocycles. The highest BCUT2D eigenvalue weighted by Crippen LogP contribution is 2.01. The summed E-state index contributed by atoms with van der Waals surface area (Å²) in [6.07, 6.45) is -0.0675. The van der Waals surface area contributed by atoms with Gasteiger partial charge in [0.2, 0.25) is 5.91 Å². The molecule has 18 heavy (non-hydrogen) atoms. The first-order valence-corrected chi connectivity index (χ1v) is 6.04. The van der Waals surface area contributed by atoms with Gasteiger partial charge in [0, 0.05) is 19.6 Å². The average molecular weight is 259 g/mol. The third kappa shape index (κ3) is 4.59. The topological polar surface area (TPSA) is 93.9 Å². The summed E-state index contributed by atoms with van der Waals surface area (Å²) in [5.74, 6) is -1.25. The average Bonchev–Trinajstić information content (AvgIpc) is 2.35. The number of ether oxygens (including phenoxy) is 2. The molecule has 0 aromatic rings. The van der Waals surface area contributed by atoms with Crippen LogP contribution in [0, 0.1) is 0 Å². The van der Waals surface area contributed by atoms with Crippen molar-refractivity contribution in [3.8, 4) is 0 Å². The van der Waals surface area contributed by atoms with Crippen LogP contribution >= 0.6 is 0 Å². The van der Waals surface area contributed by atoms with Crippen LogP contribution < -0.4 is 11.1 Å². The lowest BCUT2D eigenvalue weighted by Gasteiger charge is -2.30. The maximum absolute atomic E-state index is 11.6. The SMILES string of the molecule is CCOC(=O)C(N)C(=O)NCC1CN(C)CCO1. The zero-order valence-electron chi connectivity index (χ0n) is 10.8. The van der Waals surface area contributed by atoms with E-state index in [2.05, 4.69) is 15.0 Å². The lowest BCUT2D eigenvalue weighted by atomic mass is 10.2. The first-order chi connectivity index (χ1) is 8.54. The molecule has 0 spiro atoms. The zero-order valence-corrected chi connectivity index (χ0v) is 10.8. The molecule has 1 aliphatic heterocycles. The second-order valence-electron chi connectivity index (χ2n) is 4.23. The Labute approximate surface area is 107 Å². The summed E-state index contributed by atoms with van der Waals surface area (Å²) in [6.45, 7) is 4.48. The summed E-state index contributed by atoms with van der Waals surface area (Å²) >= 11 is 0. The molecule has 0 aromatic heterocycles. The molecule has 1 heterocycles. The van der Waals surface area contributed by atoms with Crippen LogP contribution in [0.25, 0.3) is 0 Å². The van der Waals surface area contributed by atoms with Gasteiger partial charge in [-0.05, 0) is 14.0 Å². The molecule has 2 unspecified atom stereocenters. The highest BCUT2D eigenvalue weighted by Gasteiger charge is 2.25. The fourth-order valence-electron chi connectivity index (χ4n) is 1.65. The van der Waals surface area contributed by atoms with E-state index in [-0.39, 0.29) is 12.7 Å². The molecular formula is C11H21N3O4. The maximum Gasteiger partial charge on any atom is 0.332 e. The second-order valence-corrected chi connectivity index (χ2v) is 4.23. The van der Waals surface area contributed by atoms with Gasteiger partial charge in [0.15, 0.2) is 6.04 Å². The summed E-state index contributed by atoms with van der Waals surface area (Å²) in [6, 6.07) is -1.27. The van der Waals surface area contributed by atoms with Crippen LogP contribution in [-0.4, -0.2) is 68.8 Å². The van der Waals surface area contributed by atoms with E-state index in [1.54, 1.807) is 6.92 Å². The number of hydrogen-bond donors (Lipinski definition) is 2. The van der Waals surface area contributed by atoms with Crippen molar-refractivity contribution in [3.63, 3.8) is 0 Å². The maximum atomic E-state index is 11.6. The van der Waals surface area contributed by atoms with Crippen LogP contribution in [0.5, 0.6) is 0 Å². The van der Waals surface area contributed by atoms with Gasteiger partial charge in [-0.1, -0.05) is 0 Å². The monoisotopic (exact) mass is 259 g/mol. The van der Waals surface area contributed by atoms with Crippen molar-refractivity contribution >= 4 is 11.9 Å². The van der Waals surface area contributed by atoms with Gasteiger partial charge in [-0.25, -0.2) is 4.79 Å². The van der Waals surface area contributed by atoms with E-state index in [9.17, 15) is 9.59 Å². The van der Waals surface area contributed by atoms with Gasteiger partial charge in [-0.2, -0.15) is 0 Å². The highest BCUT2D eigenvalue weighted by molar-refractivity contribution is 6.01. The number of hydrogen-bond acceptors (Lipinski definition) is 6. The van der Waals surface area contributed by atoms with Crippen molar-refractivity contribution in [2.45, 2.75) is 19.1 Å². The van der Waals surface area contributed by atoms with Crippen LogP contribution in [0.4, 0.5) is 0 Å². The standard InChI is InChI=1S/C11H21N3O4/c1-3-17-11(16)9(12)10(15)13-6-8-7-14(2)4-5-18-8/h8-9H,3-7,12H2,1-2H3,(H,13,15). The molecule has 0 radical (unpaired) electrons. The van der Waals surface area contributed by atoms with Gasteiger partial charge < -0.3 is 25.4 Å². The van der Waals surface area contributed by atoms with Crippen molar-refractivity contribution in [3.05, 3.63) is 0 Å². The summed E-state index contributed by atoms with van der Waals surface area (Å²) in [5, 5.41) is 2.60. The number of likely N-dealkylation sites (N-methyl/N-ethyl adjacent to an activating group) is 1. The number of nitrogens with zero attached hydrogens (tertiary/aromatic N) is 1. The fourth-order valence-corrected chi connectivity index (χ4v) is 1.65. The van der Waals surface area contributed by atoms with E-state index in [0.29, 0.717) is 13.2 Å².